The van der Waals surface area contributed by atoms with Crippen molar-refractivity contribution < 1.29 is 9.53 Å². The van der Waals surface area contributed by atoms with Crippen LogP contribution in [0.15, 0.2) is 11.4 Å². The summed E-state index contributed by atoms with van der Waals surface area (Å²) in [6.45, 7) is 2.26. The van der Waals surface area contributed by atoms with E-state index in [-0.39, 0.29) is 5.97 Å². The van der Waals surface area contributed by atoms with E-state index in [0.717, 1.165) is 5.69 Å². The summed E-state index contributed by atoms with van der Waals surface area (Å²) in [6, 6.07) is 1.92. The number of hydrogen-bond donors (Lipinski definition) is 0. The number of aryl methyl sites for hydroxylation is 1. The van der Waals surface area contributed by atoms with Gasteiger partial charge in [0.25, 0.3) is 0 Å². The maximum absolute atomic E-state index is 10.9. The van der Waals surface area contributed by atoms with Gasteiger partial charge in [0.15, 0.2) is 0 Å². The molecule has 0 unspecified atom stereocenters. The number of aromatic nitrogens is 1. The summed E-state index contributed by atoms with van der Waals surface area (Å²) in [5.41, 5.74) is 0.966. The van der Waals surface area contributed by atoms with Gasteiger partial charge in [-0.25, -0.2) is 0 Å². The van der Waals surface area contributed by atoms with Crippen LogP contribution in [0.4, 0.5) is 0 Å². The van der Waals surface area contributed by atoms with Gasteiger partial charge in [0, 0.05) is 11.8 Å². The van der Waals surface area contributed by atoms with Gasteiger partial charge in [0.1, 0.15) is 0 Å². The van der Waals surface area contributed by atoms with E-state index in [0.29, 0.717) is 19.4 Å². The van der Waals surface area contributed by atoms with Gasteiger partial charge in [-0.05, 0) is 24.5 Å². The molecule has 0 aliphatic carbocycles. The minimum atomic E-state index is -0.148. The predicted octanol–water partition coefficient (Wildman–Crippen LogP) is 1.64. The molecule has 0 radical (unpaired) electrons. The van der Waals surface area contributed by atoms with Crippen molar-refractivity contribution in [3.8, 4) is 0 Å². The van der Waals surface area contributed by atoms with E-state index in [9.17, 15) is 4.79 Å². The Morgan fingerprint density at radius 2 is 2.58 bits per heavy atom. The van der Waals surface area contributed by atoms with Crippen LogP contribution < -0.4 is 0 Å². The first-order chi connectivity index (χ1) is 5.83. The van der Waals surface area contributed by atoms with Crippen molar-refractivity contribution in [3.63, 3.8) is 0 Å². The average Bonchev–Trinajstić information content (AvgIpc) is 2.53. The number of esters is 1. The Labute approximate surface area is 75.5 Å². The van der Waals surface area contributed by atoms with Crippen molar-refractivity contribution in [3.05, 3.63) is 17.1 Å². The number of nitrogens with zero attached hydrogens (tertiary/aromatic N) is 1. The van der Waals surface area contributed by atoms with Crippen LogP contribution in [0.5, 0.6) is 0 Å². The molecule has 0 aliphatic heterocycles. The number of carbonyl (C=O) groups is 1. The molecule has 4 heteroatoms. The standard InChI is InChI=1S/C8H11NO2S/c1-2-11-8(10)4-3-7-5-6-12-9-7/h5-6H,2-4H2,1H3. The maximum atomic E-state index is 10.9. The molecule has 1 heterocycles. The van der Waals surface area contributed by atoms with Gasteiger partial charge in [-0.1, -0.05) is 0 Å². The quantitative estimate of drug-likeness (QED) is 0.669. The lowest BCUT2D eigenvalue weighted by molar-refractivity contribution is -0.143. The number of carbonyl (C=O) groups excluding carboxylic acids is 1. The summed E-state index contributed by atoms with van der Waals surface area (Å²) in [7, 11) is 0. The van der Waals surface area contributed by atoms with E-state index in [1.165, 1.54) is 11.5 Å². The molecule has 0 saturated heterocycles. The molecule has 1 aromatic rings. The first kappa shape index (κ1) is 9.19. The molecule has 0 amide bonds. The normalized spacial score (nSPS) is 9.75. The largest absolute Gasteiger partial charge is 0.466 e. The minimum Gasteiger partial charge on any atom is -0.466 e. The van der Waals surface area contributed by atoms with Crippen LogP contribution in [0, 0.1) is 0 Å². The molecular formula is C8H11NO2S. The number of rotatable bonds is 4. The van der Waals surface area contributed by atoms with E-state index in [1.807, 2.05) is 11.4 Å². The Morgan fingerprint density at radius 1 is 1.75 bits per heavy atom. The summed E-state index contributed by atoms with van der Waals surface area (Å²) in [5, 5.41) is 1.90. The van der Waals surface area contributed by atoms with Crippen LogP contribution >= 0.6 is 11.5 Å². The summed E-state index contributed by atoms with van der Waals surface area (Å²) in [5.74, 6) is -0.148. The lowest BCUT2D eigenvalue weighted by Crippen LogP contribution is -2.05. The highest BCUT2D eigenvalue weighted by Crippen LogP contribution is 2.03. The molecule has 0 spiro atoms. The summed E-state index contributed by atoms with van der Waals surface area (Å²) >= 11 is 1.40. The highest BCUT2D eigenvalue weighted by molar-refractivity contribution is 7.03. The van der Waals surface area contributed by atoms with E-state index < -0.39 is 0 Å². The lowest BCUT2D eigenvalue weighted by Gasteiger charge is -1.98. The first-order valence-electron chi connectivity index (χ1n) is 3.88. The fourth-order valence-electron chi connectivity index (χ4n) is 0.830. The van der Waals surface area contributed by atoms with Gasteiger partial charge in [-0.2, -0.15) is 4.37 Å². The maximum Gasteiger partial charge on any atom is 0.306 e. The third-order valence-electron chi connectivity index (χ3n) is 1.38. The van der Waals surface area contributed by atoms with Crippen LogP contribution in [0.2, 0.25) is 0 Å². The van der Waals surface area contributed by atoms with E-state index in [4.69, 9.17) is 4.74 Å². The Kier molecular flexibility index (Phi) is 3.73. The second-order valence-electron chi connectivity index (χ2n) is 2.30. The molecule has 0 atom stereocenters. The average molecular weight is 185 g/mol. The summed E-state index contributed by atoms with van der Waals surface area (Å²) in [6.07, 6.45) is 1.11. The highest BCUT2D eigenvalue weighted by Gasteiger charge is 2.02. The van der Waals surface area contributed by atoms with Crippen molar-refractivity contribution in [2.24, 2.45) is 0 Å². The molecule has 3 nitrogen and oxygen atoms in total. The van der Waals surface area contributed by atoms with Crippen LogP contribution in [-0.4, -0.2) is 16.9 Å². The van der Waals surface area contributed by atoms with Gasteiger partial charge >= 0.3 is 5.97 Å². The van der Waals surface area contributed by atoms with E-state index in [1.54, 1.807) is 6.92 Å². The van der Waals surface area contributed by atoms with Crippen molar-refractivity contribution in [1.29, 1.82) is 0 Å². The van der Waals surface area contributed by atoms with Crippen LogP contribution in [0.3, 0.4) is 0 Å². The first-order valence-corrected chi connectivity index (χ1v) is 4.71. The molecule has 12 heavy (non-hydrogen) atoms. The van der Waals surface area contributed by atoms with Gasteiger partial charge in [-0.15, -0.1) is 0 Å². The van der Waals surface area contributed by atoms with Crippen molar-refractivity contribution >= 4 is 17.5 Å². The molecule has 0 aliphatic rings. The van der Waals surface area contributed by atoms with Crippen molar-refractivity contribution in [1.82, 2.24) is 4.37 Å². The summed E-state index contributed by atoms with van der Waals surface area (Å²) in [4.78, 5) is 10.9. The highest BCUT2D eigenvalue weighted by atomic mass is 32.1. The smallest absolute Gasteiger partial charge is 0.306 e. The van der Waals surface area contributed by atoms with Gasteiger partial charge < -0.3 is 4.74 Å². The monoisotopic (exact) mass is 185 g/mol. The lowest BCUT2D eigenvalue weighted by atomic mass is 10.2. The van der Waals surface area contributed by atoms with Crippen LogP contribution in [0.1, 0.15) is 19.0 Å². The Balaban J connectivity index is 2.22. The fraction of sp³-hybridized carbons (Fsp3) is 0.500. The second kappa shape index (κ2) is 4.87. The minimum absolute atomic E-state index is 0.148. The topological polar surface area (TPSA) is 39.2 Å². The Morgan fingerprint density at radius 3 is 3.17 bits per heavy atom. The molecule has 0 saturated carbocycles. The van der Waals surface area contributed by atoms with Gasteiger partial charge in [-0.3, -0.25) is 4.79 Å². The zero-order valence-electron chi connectivity index (χ0n) is 6.95. The van der Waals surface area contributed by atoms with Crippen LogP contribution in [-0.2, 0) is 16.0 Å². The predicted molar refractivity (Wildman–Crippen MR) is 47.1 cm³/mol. The third-order valence-corrected chi connectivity index (χ3v) is 1.98. The molecule has 66 valence electrons. The third kappa shape index (κ3) is 3.00. The van der Waals surface area contributed by atoms with Crippen LogP contribution in [0.25, 0.3) is 0 Å². The summed E-state index contributed by atoms with van der Waals surface area (Å²) < 4.78 is 8.86. The van der Waals surface area contributed by atoms with E-state index in [2.05, 4.69) is 4.37 Å². The zero-order chi connectivity index (χ0) is 8.81. The zero-order valence-corrected chi connectivity index (χ0v) is 7.76. The molecule has 1 aromatic heterocycles. The molecule has 0 aromatic carbocycles. The van der Waals surface area contributed by atoms with Crippen molar-refractivity contribution in [2.45, 2.75) is 19.8 Å². The van der Waals surface area contributed by atoms with E-state index >= 15 is 0 Å². The molecular weight excluding hydrogens is 174 g/mol. The Bertz CT molecular complexity index is 233. The van der Waals surface area contributed by atoms with Gasteiger partial charge in [0.05, 0.1) is 18.7 Å². The molecule has 1 rings (SSSR count). The molecule has 0 bridgehead atoms. The fourth-order valence-corrected chi connectivity index (χ4v) is 1.40. The molecule has 0 N–H and O–H groups in total. The number of ether oxygens (including phenoxy) is 1. The van der Waals surface area contributed by atoms with Crippen molar-refractivity contribution in [2.75, 3.05) is 6.61 Å². The number of hydrogen-bond acceptors (Lipinski definition) is 4. The van der Waals surface area contributed by atoms with Gasteiger partial charge in [0.2, 0.25) is 0 Å². The Hall–Kier alpha value is -0.900. The molecule has 0 fully saturated rings. The SMILES string of the molecule is CCOC(=O)CCc1ccsn1. The second-order valence-corrected chi connectivity index (χ2v) is 2.96.